The summed E-state index contributed by atoms with van der Waals surface area (Å²) in [4.78, 5) is 11.9. The second-order valence-corrected chi connectivity index (χ2v) is 8.40. The summed E-state index contributed by atoms with van der Waals surface area (Å²) >= 11 is 4.95. The Labute approximate surface area is 169 Å². The van der Waals surface area contributed by atoms with Gasteiger partial charge in [-0.05, 0) is 31.2 Å². The standard InChI is InChI=1S/C20H17BrN4OS/c1-12-18(13-5-7-14(21)8-6-13)24-20(27-12)17-16(26)11-25(19(17)22)10-15-4-2-3-9-23-15/h2-9,22,26H,10-11H2,1H3. The molecule has 0 atom stereocenters. The number of rotatable bonds is 4. The average molecular weight is 441 g/mol. The van der Waals surface area contributed by atoms with E-state index in [0.29, 0.717) is 23.7 Å². The lowest BCUT2D eigenvalue weighted by Crippen LogP contribution is -2.26. The van der Waals surface area contributed by atoms with Crippen LogP contribution in [0.15, 0.2) is 58.9 Å². The van der Waals surface area contributed by atoms with Gasteiger partial charge in [-0.2, -0.15) is 0 Å². The van der Waals surface area contributed by atoms with Crippen LogP contribution >= 0.6 is 27.3 Å². The van der Waals surface area contributed by atoms with E-state index in [1.165, 1.54) is 11.3 Å². The molecule has 1 aliphatic rings. The number of hydrogen-bond donors (Lipinski definition) is 2. The van der Waals surface area contributed by atoms with E-state index in [0.717, 1.165) is 26.3 Å². The fourth-order valence-electron chi connectivity index (χ4n) is 3.06. The maximum Gasteiger partial charge on any atom is 0.135 e. The Balaban J connectivity index is 1.61. The van der Waals surface area contributed by atoms with Crippen LogP contribution in [0.25, 0.3) is 16.8 Å². The highest BCUT2D eigenvalue weighted by Gasteiger charge is 2.31. The zero-order valence-electron chi connectivity index (χ0n) is 14.6. The molecule has 0 bridgehead atoms. The van der Waals surface area contributed by atoms with Gasteiger partial charge in [-0.15, -0.1) is 11.3 Å². The van der Waals surface area contributed by atoms with E-state index in [-0.39, 0.29) is 11.6 Å². The fourth-order valence-corrected chi connectivity index (χ4v) is 4.33. The minimum Gasteiger partial charge on any atom is -0.510 e. The van der Waals surface area contributed by atoms with Gasteiger partial charge in [0.2, 0.25) is 0 Å². The van der Waals surface area contributed by atoms with E-state index in [2.05, 4.69) is 20.9 Å². The second-order valence-electron chi connectivity index (χ2n) is 6.28. The maximum absolute atomic E-state index is 10.5. The number of aromatic nitrogens is 2. The molecule has 4 rings (SSSR count). The van der Waals surface area contributed by atoms with Gasteiger partial charge in [0, 0.05) is 21.1 Å². The number of benzene rings is 1. The van der Waals surface area contributed by atoms with Crippen molar-refractivity contribution in [3.8, 4) is 11.3 Å². The van der Waals surface area contributed by atoms with Gasteiger partial charge in [-0.3, -0.25) is 10.4 Å². The van der Waals surface area contributed by atoms with Crippen molar-refractivity contribution >= 4 is 38.7 Å². The normalized spacial score (nSPS) is 14.3. The molecule has 2 aromatic heterocycles. The molecule has 136 valence electrons. The largest absolute Gasteiger partial charge is 0.510 e. The summed E-state index contributed by atoms with van der Waals surface area (Å²) in [7, 11) is 0. The maximum atomic E-state index is 10.5. The van der Waals surface area contributed by atoms with Crippen LogP contribution in [0.1, 0.15) is 15.6 Å². The second kappa shape index (κ2) is 7.25. The van der Waals surface area contributed by atoms with Crippen molar-refractivity contribution < 1.29 is 5.11 Å². The number of nitrogens with one attached hydrogen (secondary N) is 1. The van der Waals surface area contributed by atoms with Crippen molar-refractivity contribution in [3.05, 3.63) is 74.5 Å². The molecule has 0 unspecified atom stereocenters. The minimum absolute atomic E-state index is 0.187. The summed E-state index contributed by atoms with van der Waals surface area (Å²) < 4.78 is 1.02. The SMILES string of the molecule is Cc1sc(C2=C(O)CN(Cc3ccccn3)C2=N)nc1-c1ccc(Br)cc1. The highest BCUT2D eigenvalue weighted by molar-refractivity contribution is 9.10. The van der Waals surface area contributed by atoms with Crippen LogP contribution < -0.4 is 0 Å². The molecular weight excluding hydrogens is 424 g/mol. The molecule has 27 heavy (non-hydrogen) atoms. The van der Waals surface area contributed by atoms with Crippen molar-refractivity contribution in [1.29, 1.82) is 5.41 Å². The Kier molecular flexibility index (Phi) is 4.80. The Morgan fingerprint density at radius 1 is 1.22 bits per heavy atom. The highest BCUT2D eigenvalue weighted by Crippen LogP contribution is 2.35. The fraction of sp³-hybridized carbons (Fsp3) is 0.150. The lowest BCUT2D eigenvalue weighted by atomic mass is 10.1. The number of aliphatic hydroxyl groups is 1. The minimum atomic E-state index is 0.187. The van der Waals surface area contributed by atoms with Gasteiger partial charge < -0.3 is 10.0 Å². The molecule has 0 fully saturated rings. The summed E-state index contributed by atoms with van der Waals surface area (Å²) in [6.45, 7) is 2.80. The molecule has 0 amide bonds. The number of aliphatic hydroxyl groups excluding tert-OH is 1. The number of pyridine rings is 1. The topological polar surface area (TPSA) is 73.1 Å². The predicted octanol–water partition coefficient (Wildman–Crippen LogP) is 5.04. The van der Waals surface area contributed by atoms with E-state index < -0.39 is 0 Å². The zero-order valence-corrected chi connectivity index (χ0v) is 17.0. The van der Waals surface area contributed by atoms with E-state index in [4.69, 9.17) is 10.4 Å². The molecule has 7 heteroatoms. The highest BCUT2D eigenvalue weighted by atomic mass is 79.9. The van der Waals surface area contributed by atoms with Crippen molar-refractivity contribution in [3.63, 3.8) is 0 Å². The Morgan fingerprint density at radius 3 is 2.70 bits per heavy atom. The number of halogens is 1. The molecule has 0 spiro atoms. The van der Waals surface area contributed by atoms with Gasteiger partial charge in [-0.1, -0.05) is 34.1 Å². The lowest BCUT2D eigenvalue weighted by Gasteiger charge is -2.17. The number of amidine groups is 1. The van der Waals surface area contributed by atoms with Gasteiger partial charge in [0.1, 0.15) is 16.6 Å². The van der Waals surface area contributed by atoms with Crippen LogP contribution in [0, 0.1) is 12.3 Å². The van der Waals surface area contributed by atoms with Crippen molar-refractivity contribution in [2.75, 3.05) is 6.54 Å². The predicted molar refractivity (Wildman–Crippen MR) is 112 cm³/mol. The average Bonchev–Trinajstić information content (AvgIpc) is 3.16. The summed E-state index contributed by atoms with van der Waals surface area (Å²) in [5.41, 5.74) is 3.29. The molecule has 0 radical (unpaired) electrons. The molecular formula is C20H17BrN4OS. The van der Waals surface area contributed by atoms with Gasteiger partial charge in [0.25, 0.3) is 0 Å². The third kappa shape index (κ3) is 3.52. The molecule has 0 saturated heterocycles. The summed E-state index contributed by atoms with van der Waals surface area (Å²) in [5, 5.41) is 19.7. The number of nitrogens with zero attached hydrogens (tertiary/aromatic N) is 3. The molecule has 1 aliphatic heterocycles. The summed E-state index contributed by atoms with van der Waals surface area (Å²) in [5.74, 6) is 0.473. The van der Waals surface area contributed by atoms with Crippen LogP contribution in [0.4, 0.5) is 0 Å². The third-order valence-electron chi connectivity index (χ3n) is 4.39. The summed E-state index contributed by atoms with van der Waals surface area (Å²) in [6, 6.07) is 13.7. The molecule has 3 aromatic rings. The third-order valence-corrected chi connectivity index (χ3v) is 5.91. The van der Waals surface area contributed by atoms with E-state index in [1.807, 2.05) is 54.3 Å². The first-order valence-corrected chi connectivity index (χ1v) is 10.0. The van der Waals surface area contributed by atoms with Gasteiger partial charge in [0.05, 0.1) is 30.1 Å². The molecule has 3 heterocycles. The van der Waals surface area contributed by atoms with E-state index in [9.17, 15) is 5.11 Å². The quantitative estimate of drug-likeness (QED) is 0.595. The summed E-state index contributed by atoms with van der Waals surface area (Å²) in [6.07, 6.45) is 1.73. The molecule has 0 saturated carbocycles. The van der Waals surface area contributed by atoms with Gasteiger partial charge in [0.15, 0.2) is 0 Å². The Morgan fingerprint density at radius 2 is 2.00 bits per heavy atom. The molecule has 0 aliphatic carbocycles. The smallest absolute Gasteiger partial charge is 0.135 e. The van der Waals surface area contributed by atoms with Crippen LogP contribution in [0.2, 0.25) is 0 Å². The number of hydrogen-bond acceptors (Lipinski definition) is 5. The van der Waals surface area contributed by atoms with Crippen molar-refractivity contribution in [2.24, 2.45) is 0 Å². The lowest BCUT2D eigenvalue weighted by molar-refractivity contribution is 0.345. The van der Waals surface area contributed by atoms with Gasteiger partial charge >= 0.3 is 0 Å². The molecule has 1 aromatic carbocycles. The van der Waals surface area contributed by atoms with Gasteiger partial charge in [-0.25, -0.2) is 4.98 Å². The van der Waals surface area contributed by atoms with Crippen molar-refractivity contribution in [1.82, 2.24) is 14.9 Å². The van der Waals surface area contributed by atoms with Crippen LogP contribution in [-0.2, 0) is 6.54 Å². The number of aryl methyl sites for hydroxylation is 1. The zero-order chi connectivity index (χ0) is 19.0. The van der Waals surface area contributed by atoms with Crippen LogP contribution in [0.3, 0.4) is 0 Å². The first kappa shape index (κ1) is 17.9. The first-order chi connectivity index (χ1) is 13.0. The van der Waals surface area contributed by atoms with Crippen molar-refractivity contribution in [2.45, 2.75) is 13.5 Å². The van der Waals surface area contributed by atoms with E-state index in [1.54, 1.807) is 6.20 Å². The molecule has 2 N–H and O–H groups in total. The van der Waals surface area contributed by atoms with E-state index >= 15 is 0 Å². The monoisotopic (exact) mass is 440 g/mol. The van der Waals surface area contributed by atoms with Crippen LogP contribution in [-0.4, -0.2) is 32.4 Å². The first-order valence-electron chi connectivity index (χ1n) is 8.42. The Hall–Kier alpha value is -2.51. The Bertz CT molecular complexity index is 1030. The van der Waals surface area contributed by atoms with Crippen LogP contribution in [0.5, 0.6) is 0 Å². The molecule has 5 nitrogen and oxygen atoms in total. The number of thiazole rings is 1.